The third-order valence-corrected chi connectivity index (χ3v) is 6.80. The van der Waals surface area contributed by atoms with E-state index in [1.54, 1.807) is 30.3 Å². The standard InChI is InChI=1S/C22H19BrFN3O3S/c23-21-9-5-4-8-18(21)14-25-26-22(28)16-27(15-17-6-2-1-3-7-17)31(29,30)20-12-10-19(24)11-13-20/h1-14H,15-16H2,(H,26,28)/b25-14-. The fraction of sp³-hybridized carbons (Fsp3) is 0.0909. The molecule has 3 aromatic rings. The molecule has 31 heavy (non-hydrogen) atoms. The van der Waals surface area contributed by atoms with Crippen LogP contribution in [0.1, 0.15) is 11.1 Å². The number of hydrazone groups is 1. The average molecular weight is 504 g/mol. The highest BCUT2D eigenvalue weighted by atomic mass is 79.9. The highest BCUT2D eigenvalue weighted by Gasteiger charge is 2.27. The Bertz CT molecular complexity index is 1170. The van der Waals surface area contributed by atoms with E-state index in [9.17, 15) is 17.6 Å². The van der Waals surface area contributed by atoms with Crippen LogP contribution in [0, 0.1) is 5.82 Å². The van der Waals surface area contributed by atoms with Crippen molar-refractivity contribution in [2.75, 3.05) is 6.54 Å². The van der Waals surface area contributed by atoms with Gasteiger partial charge in [0.2, 0.25) is 10.0 Å². The van der Waals surface area contributed by atoms with Crippen molar-refractivity contribution in [1.82, 2.24) is 9.73 Å². The Morgan fingerprint density at radius 1 is 1.00 bits per heavy atom. The molecular weight excluding hydrogens is 485 g/mol. The minimum absolute atomic E-state index is 0.0259. The van der Waals surface area contributed by atoms with E-state index in [4.69, 9.17) is 0 Å². The second-order valence-electron chi connectivity index (χ2n) is 6.53. The van der Waals surface area contributed by atoms with E-state index >= 15 is 0 Å². The van der Waals surface area contributed by atoms with Gasteiger partial charge in [-0.2, -0.15) is 9.41 Å². The van der Waals surface area contributed by atoms with Crippen LogP contribution in [-0.4, -0.2) is 31.4 Å². The summed E-state index contributed by atoms with van der Waals surface area (Å²) in [7, 11) is -4.05. The van der Waals surface area contributed by atoms with Crippen molar-refractivity contribution in [2.45, 2.75) is 11.4 Å². The van der Waals surface area contributed by atoms with Crippen LogP contribution in [0.5, 0.6) is 0 Å². The first-order valence-corrected chi connectivity index (χ1v) is 11.5. The van der Waals surface area contributed by atoms with E-state index in [2.05, 4.69) is 26.5 Å². The van der Waals surface area contributed by atoms with Crippen LogP contribution in [-0.2, 0) is 21.4 Å². The molecule has 0 aliphatic carbocycles. The van der Waals surface area contributed by atoms with Gasteiger partial charge >= 0.3 is 0 Å². The van der Waals surface area contributed by atoms with Crippen LogP contribution >= 0.6 is 15.9 Å². The van der Waals surface area contributed by atoms with E-state index in [0.29, 0.717) is 5.56 Å². The first-order valence-electron chi connectivity index (χ1n) is 9.22. The number of halogens is 2. The van der Waals surface area contributed by atoms with Gasteiger partial charge in [-0.3, -0.25) is 4.79 Å². The molecule has 0 atom stereocenters. The van der Waals surface area contributed by atoms with Gasteiger partial charge in [-0.25, -0.2) is 18.2 Å². The Kier molecular flexibility index (Phi) is 7.67. The molecule has 1 N–H and O–H groups in total. The van der Waals surface area contributed by atoms with E-state index < -0.39 is 28.3 Å². The maximum atomic E-state index is 13.2. The van der Waals surface area contributed by atoms with Gasteiger partial charge in [-0.1, -0.05) is 64.5 Å². The first kappa shape index (κ1) is 22.8. The van der Waals surface area contributed by atoms with Gasteiger partial charge in [0.1, 0.15) is 5.82 Å². The maximum absolute atomic E-state index is 13.2. The summed E-state index contributed by atoms with van der Waals surface area (Å²) in [5, 5.41) is 3.90. The number of rotatable bonds is 8. The van der Waals surface area contributed by atoms with Gasteiger partial charge in [0.05, 0.1) is 17.7 Å². The monoisotopic (exact) mass is 503 g/mol. The number of nitrogens with one attached hydrogen (secondary N) is 1. The molecule has 0 aliphatic heterocycles. The second-order valence-corrected chi connectivity index (χ2v) is 9.32. The zero-order valence-corrected chi connectivity index (χ0v) is 18.7. The lowest BCUT2D eigenvalue weighted by atomic mass is 10.2. The Morgan fingerprint density at radius 3 is 2.32 bits per heavy atom. The summed E-state index contributed by atoms with van der Waals surface area (Å²) in [6.45, 7) is -0.482. The fourth-order valence-electron chi connectivity index (χ4n) is 2.72. The van der Waals surface area contributed by atoms with Gasteiger partial charge < -0.3 is 0 Å². The summed E-state index contributed by atoms with van der Waals surface area (Å²) < 4.78 is 41.3. The number of amides is 1. The lowest BCUT2D eigenvalue weighted by Crippen LogP contribution is -2.39. The number of hydrogen-bond donors (Lipinski definition) is 1. The predicted octanol–water partition coefficient (Wildman–Crippen LogP) is 3.93. The molecule has 0 saturated heterocycles. The molecule has 0 spiro atoms. The van der Waals surface area contributed by atoms with Crippen molar-refractivity contribution >= 4 is 38.1 Å². The molecule has 0 unspecified atom stereocenters. The van der Waals surface area contributed by atoms with E-state index in [0.717, 1.165) is 26.5 Å². The molecule has 3 rings (SSSR count). The van der Waals surface area contributed by atoms with Crippen molar-refractivity contribution in [3.8, 4) is 0 Å². The number of sulfonamides is 1. The quantitative estimate of drug-likeness (QED) is 0.373. The lowest BCUT2D eigenvalue weighted by molar-refractivity contribution is -0.121. The maximum Gasteiger partial charge on any atom is 0.255 e. The summed E-state index contributed by atoms with van der Waals surface area (Å²) in [5.41, 5.74) is 3.81. The van der Waals surface area contributed by atoms with Crippen LogP contribution in [0.15, 0.2) is 93.3 Å². The molecule has 0 heterocycles. The summed E-state index contributed by atoms with van der Waals surface area (Å²) in [4.78, 5) is 12.3. The largest absolute Gasteiger partial charge is 0.272 e. The van der Waals surface area contributed by atoms with Gasteiger partial charge in [-0.15, -0.1) is 0 Å². The minimum Gasteiger partial charge on any atom is -0.272 e. The minimum atomic E-state index is -4.05. The molecule has 0 fully saturated rings. The average Bonchev–Trinajstić information content (AvgIpc) is 2.76. The summed E-state index contributed by atoms with van der Waals surface area (Å²) in [5.74, 6) is -1.15. The number of benzene rings is 3. The number of carbonyl (C=O) groups is 1. The molecule has 3 aromatic carbocycles. The smallest absolute Gasteiger partial charge is 0.255 e. The van der Waals surface area contributed by atoms with E-state index in [-0.39, 0.29) is 11.4 Å². The third-order valence-electron chi connectivity index (χ3n) is 4.27. The van der Waals surface area contributed by atoms with Gasteiger partial charge in [0.25, 0.3) is 5.91 Å². The Hall–Kier alpha value is -2.88. The van der Waals surface area contributed by atoms with E-state index in [1.165, 1.54) is 18.3 Å². The van der Waals surface area contributed by atoms with Gasteiger partial charge in [0, 0.05) is 16.6 Å². The van der Waals surface area contributed by atoms with Crippen molar-refractivity contribution in [1.29, 1.82) is 0 Å². The molecule has 0 bridgehead atoms. The molecule has 0 aromatic heterocycles. The second kappa shape index (κ2) is 10.4. The highest BCUT2D eigenvalue weighted by Crippen LogP contribution is 2.19. The Balaban J connectivity index is 1.78. The Labute approximate surface area is 188 Å². The van der Waals surface area contributed by atoms with Crippen LogP contribution in [0.3, 0.4) is 0 Å². The molecule has 0 radical (unpaired) electrons. The molecule has 1 amide bonds. The summed E-state index contributed by atoms with van der Waals surface area (Å²) >= 11 is 3.38. The first-order chi connectivity index (χ1) is 14.9. The highest BCUT2D eigenvalue weighted by molar-refractivity contribution is 9.10. The number of nitrogens with zero attached hydrogens (tertiary/aromatic N) is 2. The van der Waals surface area contributed by atoms with Crippen molar-refractivity contribution < 1.29 is 17.6 Å². The van der Waals surface area contributed by atoms with Gasteiger partial charge in [-0.05, 0) is 35.9 Å². The molecule has 6 nitrogen and oxygen atoms in total. The SMILES string of the molecule is O=C(CN(Cc1ccccc1)S(=O)(=O)c1ccc(F)cc1)N/N=C\c1ccccc1Br. The van der Waals surface area contributed by atoms with Crippen molar-refractivity contribution in [3.63, 3.8) is 0 Å². The van der Waals surface area contributed by atoms with Crippen LogP contribution < -0.4 is 5.43 Å². The number of hydrogen-bond acceptors (Lipinski definition) is 4. The van der Waals surface area contributed by atoms with Crippen LogP contribution in [0.2, 0.25) is 0 Å². The lowest BCUT2D eigenvalue weighted by Gasteiger charge is -2.21. The molecule has 0 saturated carbocycles. The van der Waals surface area contributed by atoms with Crippen LogP contribution in [0.4, 0.5) is 4.39 Å². The molecular formula is C22H19BrFN3O3S. The topological polar surface area (TPSA) is 78.8 Å². The molecule has 9 heteroatoms. The summed E-state index contributed by atoms with van der Waals surface area (Å²) in [6, 6.07) is 20.7. The van der Waals surface area contributed by atoms with Gasteiger partial charge in [0.15, 0.2) is 0 Å². The fourth-order valence-corrected chi connectivity index (χ4v) is 4.49. The summed E-state index contributed by atoms with van der Waals surface area (Å²) in [6.07, 6.45) is 1.46. The normalized spacial score (nSPS) is 11.7. The van der Waals surface area contributed by atoms with E-state index in [1.807, 2.05) is 24.3 Å². The zero-order valence-electron chi connectivity index (χ0n) is 16.3. The number of carbonyl (C=O) groups excluding carboxylic acids is 1. The van der Waals surface area contributed by atoms with Crippen molar-refractivity contribution in [3.05, 3.63) is 100 Å². The predicted molar refractivity (Wildman–Crippen MR) is 120 cm³/mol. The third kappa shape index (κ3) is 6.30. The van der Waals surface area contributed by atoms with Crippen LogP contribution in [0.25, 0.3) is 0 Å². The molecule has 0 aliphatic rings. The van der Waals surface area contributed by atoms with Crippen molar-refractivity contribution in [2.24, 2.45) is 5.10 Å². The molecule has 160 valence electrons. The zero-order chi connectivity index (χ0) is 22.3. The Morgan fingerprint density at radius 2 is 1.65 bits per heavy atom.